The van der Waals surface area contributed by atoms with Crippen LogP contribution in [0.5, 0.6) is 0 Å². The number of hydrogen-bond acceptors (Lipinski definition) is 5. The van der Waals surface area contributed by atoms with Crippen LogP contribution in [0, 0.1) is 23.7 Å². The lowest BCUT2D eigenvalue weighted by Gasteiger charge is -2.57. The minimum atomic E-state index is -5.61. The van der Waals surface area contributed by atoms with Crippen LogP contribution in [0.25, 0.3) is 0 Å². The van der Waals surface area contributed by atoms with Gasteiger partial charge in [-0.05, 0) is 49.9 Å². The molecule has 0 radical (unpaired) electrons. The topological polar surface area (TPSA) is 101 Å². The first-order valence-corrected chi connectivity index (χ1v) is 8.69. The van der Waals surface area contributed by atoms with Gasteiger partial charge in [-0.1, -0.05) is 0 Å². The SMILES string of the molecule is O=C(OCC(F)(F)S(=O)(=O)O)C1C2CC3CC1CC(O)(C3)C2. The van der Waals surface area contributed by atoms with Gasteiger partial charge >= 0.3 is 21.3 Å². The predicted octanol–water partition coefficient (Wildman–Crippen LogP) is 1.20. The Kier molecular flexibility index (Phi) is 3.54. The Bertz CT molecular complexity index is 573. The van der Waals surface area contributed by atoms with Crippen molar-refractivity contribution in [2.45, 2.75) is 43.0 Å². The fraction of sp³-hybridized carbons (Fsp3) is 0.923. The van der Waals surface area contributed by atoms with Crippen molar-refractivity contribution >= 4 is 16.1 Å². The summed E-state index contributed by atoms with van der Waals surface area (Å²) >= 11 is 0. The summed E-state index contributed by atoms with van der Waals surface area (Å²) in [6, 6.07) is 0. The lowest BCUT2D eigenvalue weighted by Crippen LogP contribution is -2.56. The number of ether oxygens (including phenoxy) is 1. The minimum absolute atomic E-state index is 0.108. The van der Waals surface area contributed by atoms with Crippen molar-refractivity contribution in [2.24, 2.45) is 23.7 Å². The van der Waals surface area contributed by atoms with Gasteiger partial charge in [-0.3, -0.25) is 9.35 Å². The van der Waals surface area contributed by atoms with Gasteiger partial charge in [0.1, 0.15) is 0 Å². The lowest BCUT2D eigenvalue weighted by atomic mass is 9.50. The van der Waals surface area contributed by atoms with Crippen LogP contribution in [0.15, 0.2) is 0 Å². The maximum absolute atomic E-state index is 13.1. The molecule has 9 heteroatoms. The molecular formula is C13H18F2O6S. The van der Waals surface area contributed by atoms with E-state index in [1.807, 2.05) is 0 Å². The summed E-state index contributed by atoms with van der Waals surface area (Å²) in [5.41, 5.74) is -0.758. The summed E-state index contributed by atoms with van der Waals surface area (Å²) in [4.78, 5) is 12.1. The van der Waals surface area contributed by atoms with Gasteiger partial charge in [0.25, 0.3) is 0 Å². The van der Waals surface area contributed by atoms with Gasteiger partial charge in [-0.25, -0.2) is 0 Å². The number of alkyl halides is 2. The Morgan fingerprint density at radius 1 is 1.23 bits per heavy atom. The fourth-order valence-electron chi connectivity index (χ4n) is 4.69. The van der Waals surface area contributed by atoms with E-state index in [1.54, 1.807) is 0 Å². The number of esters is 1. The average Bonchev–Trinajstić information content (AvgIpc) is 2.32. The normalized spacial score (nSPS) is 40.7. The molecule has 0 aromatic rings. The summed E-state index contributed by atoms with van der Waals surface area (Å²) < 4.78 is 60.2. The van der Waals surface area contributed by atoms with Crippen molar-refractivity contribution in [1.82, 2.24) is 0 Å². The molecule has 0 spiro atoms. The molecule has 0 heterocycles. The summed E-state index contributed by atoms with van der Waals surface area (Å²) in [6.07, 6.45) is 3.14. The zero-order valence-electron chi connectivity index (χ0n) is 11.7. The molecule has 0 saturated heterocycles. The number of carbonyl (C=O) groups is 1. The van der Waals surface area contributed by atoms with Gasteiger partial charge in [0.05, 0.1) is 11.5 Å². The molecule has 4 rings (SSSR count). The van der Waals surface area contributed by atoms with E-state index in [9.17, 15) is 27.1 Å². The van der Waals surface area contributed by atoms with E-state index in [1.165, 1.54) is 0 Å². The van der Waals surface area contributed by atoms with Crippen LogP contribution >= 0.6 is 0 Å². The standard InChI is InChI=1S/C13H18F2O6S/c14-13(15,22(18,19)20)6-21-11(16)10-8-1-7-2-9(10)5-12(17,3-7)4-8/h7-10,17H,1-6H2,(H,18,19,20). The molecule has 0 amide bonds. The molecule has 4 bridgehead atoms. The smallest absolute Gasteiger partial charge is 0.402 e. The molecule has 2 unspecified atom stereocenters. The minimum Gasteiger partial charge on any atom is -0.458 e. The van der Waals surface area contributed by atoms with Crippen molar-refractivity contribution in [1.29, 1.82) is 0 Å². The van der Waals surface area contributed by atoms with E-state index >= 15 is 0 Å². The van der Waals surface area contributed by atoms with Gasteiger partial charge in [0.15, 0.2) is 6.61 Å². The van der Waals surface area contributed by atoms with Crippen LogP contribution in [0.3, 0.4) is 0 Å². The molecule has 22 heavy (non-hydrogen) atoms. The summed E-state index contributed by atoms with van der Waals surface area (Å²) in [5, 5.41) is 5.88. The number of carbonyl (C=O) groups excluding carboxylic acids is 1. The Hall–Kier alpha value is -0.800. The molecule has 2 atom stereocenters. The first-order valence-electron chi connectivity index (χ1n) is 7.25. The van der Waals surface area contributed by atoms with E-state index in [2.05, 4.69) is 4.74 Å². The summed E-state index contributed by atoms with van der Waals surface area (Å²) in [6.45, 7) is -1.69. The zero-order chi connectivity index (χ0) is 16.3. The van der Waals surface area contributed by atoms with E-state index in [0.29, 0.717) is 18.8 Å². The monoisotopic (exact) mass is 340 g/mol. The first kappa shape index (κ1) is 16.1. The molecule has 0 aromatic carbocycles. The maximum Gasteiger partial charge on any atom is 0.402 e. The quantitative estimate of drug-likeness (QED) is 0.589. The Morgan fingerprint density at radius 2 is 1.77 bits per heavy atom. The predicted molar refractivity (Wildman–Crippen MR) is 69.4 cm³/mol. The Balaban J connectivity index is 1.67. The number of hydrogen-bond donors (Lipinski definition) is 2. The second kappa shape index (κ2) is 4.85. The van der Waals surface area contributed by atoms with Crippen LogP contribution in [0.4, 0.5) is 8.78 Å². The second-order valence-corrected chi connectivity index (χ2v) is 8.49. The van der Waals surface area contributed by atoms with Crippen LogP contribution in [0.1, 0.15) is 32.1 Å². The Morgan fingerprint density at radius 3 is 2.23 bits per heavy atom. The van der Waals surface area contributed by atoms with Gasteiger partial charge in [0.2, 0.25) is 0 Å². The van der Waals surface area contributed by atoms with Crippen LogP contribution in [-0.4, -0.2) is 41.5 Å². The number of rotatable bonds is 4. The fourth-order valence-corrected chi connectivity index (χ4v) is 4.90. The highest BCUT2D eigenvalue weighted by molar-refractivity contribution is 7.86. The summed E-state index contributed by atoms with van der Waals surface area (Å²) in [5.74, 6) is -1.30. The maximum atomic E-state index is 13.1. The molecule has 4 aliphatic carbocycles. The summed E-state index contributed by atoms with van der Waals surface area (Å²) in [7, 11) is -5.61. The Labute approximate surface area is 126 Å². The third-order valence-corrected chi connectivity index (χ3v) is 6.15. The zero-order valence-corrected chi connectivity index (χ0v) is 12.6. The van der Waals surface area contributed by atoms with Gasteiger partial charge in [0, 0.05) is 0 Å². The molecule has 4 fully saturated rings. The molecule has 4 aliphatic rings. The molecule has 0 aliphatic heterocycles. The van der Waals surface area contributed by atoms with Crippen molar-refractivity contribution in [2.75, 3.05) is 6.61 Å². The third kappa shape index (κ3) is 2.63. The third-order valence-electron chi connectivity index (χ3n) is 5.27. The molecule has 2 N–H and O–H groups in total. The van der Waals surface area contributed by atoms with Crippen molar-refractivity contribution in [3.8, 4) is 0 Å². The molecule has 4 saturated carbocycles. The largest absolute Gasteiger partial charge is 0.458 e. The molecule has 126 valence electrons. The second-order valence-electron chi connectivity index (χ2n) is 6.94. The van der Waals surface area contributed by atoms with Crippen molar-refractivity contribution in [3.05, 3.63) is 0 Å². The van der Waals surface area contributed by atoms with Gasteiger partial charge < -0.3 is 9.84 Å². The van der Waals surface area contributed by atoms with Crippen molar-refractivity contribution < 1.29 is 36.4 Å². The molecule has 6 nitrogen and oxygen atoms in total. The molecule has 0 aromatic heterocycles. The van der Waals surface area contributed by atoms with Crippen LogP contribution in [0.2, 0.25) is 0 Å². The number of halogens is 2. The lowest BCUT2D eigenvalue weighted by molar-refractivity contribution is -0.185. The van der Waals surface area contributed by atoms with Crippen LogP contribution < -0.4 is 0 Å². The average molecular weight is 340 g/mol. The van der Waals surface area contributed by atoms with Gasteiger partial charge in [-0.2, -0.15) is 17.2 Å². The van der Waals surface area contributed by atoms with E-state index in [-0.39, 0.29) is 11.8 Å². The number of aliphatic hydroxyl groups is 1. The van der Waals surface area contributed by atoms with Crippen LogP contribution in [-0.2, 0) is 19.6 Å². The first-order chi connectivity index (χ1) is 10.0. The van der Waals surface area contributed by atoms with E-state index in [0.717, 1.165) is 19.3 Å². The van der Waals surface area contributed by atoms with Crippen molar-refractivity contribution in [3.63, 3.8) is 0 Å². The molecular weight excluding hydrogens is 322 g/mol. The van der Waals surface area contributed by atoms with Gasteiger partial charge in [-0.15, -0.1) is 0 Å². The highest BCUT2D eigenvalue weighted by atomic mass is 32.2. The highest BCUT2D eigenvalue weighted by Gasteiger charge is 2.57. The van der Waals surface area contributed by atoms with E-state index in [4.69, 9.17) is 4.55 Å². The van der Waals surface area contributed by atoms with E-state index < -0.39 is 39.5 Å². The highest BCUT2D eigenvalue weighted by Crippen LogP contribution is 2.58.